The molecule has 1 amide bonds. The molecule has 0 aromatic heterocycles. The quantitative estimate of drug-likeness (QED) is 0.0338. The van der Waals surface area contributed by atoms with Crippen LogP contribution in [0.3, 0.4) is 0 Å². The molecule has 0 spiro atoms. The molecule has 0 saturated carbocycles. The molecule has 0 radical (unpaired) electrons. The Bertz CT molecular complexity index is 679. The number of carbonyl (C=O) groups excluding carboxylic acids is 1. The predicted octanol–water partition coefficient (Wildman–Crippen LogP) is 8.49. The Hall–Kier alpha value is -0.760. The number of aliphatic hydroxyl groups is 1. The Labute approximate surface area is 258 Å². The highest BCUT2D eigenvalue weighted by Gasteiger charge is 2.26. The summed E-state index contributed by atoms with van der Waals surface area (Å²) in [5.74, 6) is -0.199. The lowest BCUT2D eigenvalue weighted by Gasteiger charge is -2.23. The van der Waals surface area contributed by atoms with Gasteiger partial charge in [0.25, 0.3) is 0 Å². The summed E-state index contributed by atoms with van der Waals surface area (Å²) in [5.41, 5.74) is 5.33. The number of phosphoric ester groups is 1. The van der Waals surface area contributed by atoms with Crippen LogP contribution in [0, 0.1) is 0 Å². The molecule has 42 heavy (non-hydrogen) atoms. The molecule has 0 aliphatic carbocycles. The summed E-state index contributed by atoms with van der Waals surface area (Å²) in [6.45, 7) is 4.09. The molecule has 3 atom stereocenters. The molecule has 0 aromatic carbocycles. The summed E-state index contributed by atoms with van der Waals surface area (Å²) in [6, 6.07) is -0.851. The maximum atomic E-state index is 12.6. The molecule has 0 rings (SSSR count). The lowest BCUT2D eigenvalue weighted by atomic mass is 10.0. The van der Waals surface area contributed by atoms with Crippen LogP contribution >= 0.6 is 7.82 Å². The maximum absolute atomic E-state index is 12.6. The highest BCUT2D eigenvalue weighted by molar-refractivity contribution is 7.47. The number of nitrogens with two attached hydrogens (primary N) is 1. The zero-order chi connectivity index (χ0) is 31.2. The van der Waals surface area contributed by atoms with Crippen LogP contribution in [0.2, 0.25) is 0 Å². The van der Waals surface area contributed by atoms with Gasteiger partial charge in [-0.3, -0.25) is 13.8 Å². The van der Waals surface area contributed by atoms with Crippen molar-refractivity contribution >= 4 is 13.7 Å². The molecule has 0 fully saturated rings. The van der Waals surface area contributed by atoms with E-state index in [1.807, 2.05) is 6.08 Å². The SMILES string of the molecule is CCCCCCCCCCCCCC/C=C/[C@@H](O)[C@H](COP(=O)(O)OCCN)NC(=O)CCCCCCCCCCC. The second-order valence-electron chi connectivity index (χ2n) is 11.7. The van der Waals surface area contributed by atoms with Crippen molar-refractivity contribution in [3.8, 4) is 0 Å². The number of hydrogen-bond donors (Lipinski definition) is 4. The first-order valence-corrected chi connectivity index (χ1v) is 18.8. The van der Waals surface area contributed by atoms with E-state index in [9.17, 15) is 19.4 Å². The molecular formula is C33H67N2O6P. The van der Waals surface area contributed by atoms with E-state index in [4.69, 9.17) is 14.8 Å². The summed E-state index contributed by atoms with van der Waals surface area (Å²) in [4.78, 5) is 22.4. The maximum Gasteiger partial charge on any atom is 0.472 e. The van der Waals surface area contributed by atoms with Crippen LogP contribution in [0.15, 0.2) is 12.2 Å². The molecule has 250 valence electrons. The van der Waals surface area contributed by atoms with Crippen molar-refractivity contribution in [1.82, 2.24) is 5.32 Å². The fourth-order valence-corrected chi connectivity index (χ4v) is 5.71. The van der Waals surface area contributed by atoms with Gasteiger partial charge < -0.3 is 21.1 Å². The fraction of sp³-hybridized carbons (Fsp3) is 0.909. The third kappa shape index (κ3) is 28.0. The first-order valence-electron chi connectivity index (χ1n) is 17.3. The van der Waals surface area contributed by atoms with Gasteiger partial charge in [0, 0.05) is 13.0 Å². The van der Waals surface area contributed by atoms with E-state index in [0.29, 0.717) is 6.42 Å². The standard InChI is InChI=1S/C33H67N2O6P/c1-3-5-7-9-11-13-14-15-16-17-19-20-22-24-26-32(36)31(30-41-42(38,39)40-29-28-34)35-33(37)27-25-23-21-18-12-10-8-6-4-2/h24,26,31-32,36H,3-23,25,27-30,34H2,1-2H3,(H,35,37)(H,38,39)/b26-24+/t31-,32+/m0/s1. The minimum absolute atomic E-state index is 0.0807. The van der Waals surface area contributed by atoms with Crippen molar-refractivity contribution in [3.05, 3.63) is 12.2 Å². The van der Waals surface area contributed by atoms with Crippen LogP contribution in [0.1, 0.15) is 162 Å². The van der Waals surface area contributed by atoms with Gasteiger partial charge in [-0.1, -0.05) is 148 Å². The third-order valence-corrected chi connectivity index (χ3v) is 8.60. The van der Waals surface area contributed by atoms with Crippen molar-refractivity contribution in [2.75, 3.05) is 19.8 Å². The van der Waals surface area contributed by atoms with Gasteiger partial charge in [0.2, 0.25) is 5.91 Å². The Morgan fingerprint density at radius 3 is 1.69 bits per heavy atom. The number of phosphoric acid groups is 1. The van der Waals surface area contributed by atoms with Crippen LogP contribution in [-0.4, -0.2) is 47.8 Å². The van der Waals surface area contributed by atoms with E-state index < -0.39 is 20.0 Å². The molecule has 0 aliphatic heterocycles. The number of nitrogens with one attached hydrogen (secondary N) is 1. The van der Waals surface area contributed by atoms with Gasteiger partial charge in [-0.05, 0) is 19.3 Å². The number of hydrogen-bond acceptors (Lipinski definition) is 6. The molecule has 0 saturated heterocycles. The molecule has 5 N–H and O–H groups in total. The van der Waals surface area contributed by atoms with Crippen LogP contribution in [0.4, 0.5) is 0 Å². The van der Waals surface area contributed by atoms with Crippen LogP contribution in [0.25, 0.3) is 0 Å². The third-order valence-electron chi connectivity index (χ3n) is 7.61. The minimum atomic E-state index is -4.32. The normalized spacial score (nSPS) is 14.7. The van der Waals surface area contributed by atoms with Crippen molar-refractivity contribution in [3.63, 3.8) is 0 Å². The topological polar surface area (TPSA) is 131 Å². The molecule has 9 heteroatoms. The molecule has 0 heterocycles. The van der Waals surface area contributed by atoms with Gasteiger partial charge >= 0.3 is 7.82 Å². The van der Waals surface area contributed by atoms with Crippen LogP contribution in [-0.2, 0) is 18.4 Å². The minimum Gasteiger partial charge on any atom is -0.387 e. The largest absolute Gasteiger partial charge is 0.472 e. The Morgan fingerprint density at radius 2 is 1.21 bits per heavy atom. The first kappa shape index (κ1) is 41.2. The summed E-state index contributed by atoms with van der Waals surface area (Å²) in [6.07, 6.45) is 29.7. The average Bonchev–Trinajstić information content (AvgIpc) is 2.97. The van der Waals surface area contributed by atoms with Crippen molar-refractivity contribution < 1.29 is 28.4 Å². The monoisotopic (exact) mass is 618 g/mol. The highest BCUT2D eigenvalue weighted by atomic mass is 31.2. The summed E-state index contributed by atoms with van der Waals surface area (Å²) in [7, 11) is -4.32. The zero-order valence-electron chi connectivity index (χ0n) is 27.2. The lowest BCUT2D eigenvalue weighted by Crippen LogP contribution is -2.45. The van der Waals surface area contributed by atoms with E-state index >= 15 is 0 Å². The fourth-order valence-electron chi connectivity index (χ4n) is 4.95. The molecule has 8 nitrogen and oxygen atoms in total. The number of amides is 1. The smallest absolute Gasteiger partial charge is 0.387 e. The summed E-state index contributed by atoms with van der Waals surface area (Å²) in [5, 5.41) is 13.5. The van der Waals surface area contributed by atoms with Crippen molar-refractivity contribution in [2.24, 2.45) is 5.73 Å². The summed E-state index contributed by atoms with van der Waals surface area (Å²) < 4.78 is 21.9. The second-order valence-corrected chi connectivity index (χ2v) is 13.2. The van der Waals surface area contributed by atoms with E-state index in [1.54, 1.807) is 6.08 Å². The molecule has 1 unspecified atom stereocenters. The Balaban J connectivity index is 4.36. The lowest BCUT2D eigenvalue weighted by molar-refractivity contribution is -0.123. The van der Waals surface area contributed by atoms with Gasteiger partial charge in [0.05, 0.1) is 25.4 Å². The van der Waals surface area contributed by atoms with E-state index in [0.717, 1.165) is 38.5 Å². The Kier molecular flexibility index (Phi) is 29.7. The summed E-state index contributed by atoms with van der Waals surface area (Å²) >= 11 is 0. The van der Waals surface area contributed by atoms with E-state index in [2.05, 4.69) is 19.2 Å². The highest BCUT2D eigenvalue weighted by Crippen LogP contribution is 2.43. The number of aliphatic hydroxyl groups excluding tert-OH is 1. The van der Waals surface area contributed by atoms with Crippen molar-refractivity contribution in [2.45, 2.75) is 174 Å². The second kappa shape index (κ2) is 30.3. The van der Waals surface area contributed by atoms with Crippen LogP contribution in [0.5, 0.6) is 0 Å². The predicted molar refractivity (Wildman–Crippen MR) is 175 cm³/mol. The van der Waals surface area contributed by atoms with Crippen molar-refractivity contribution in [1.29, 1.82) is 0 Å². The average molecular weight is 619 g/mol. The van der Waals surface area contributed by atoms with Crippen LogP contribution < -0.4 is 11.1 Å². The Morgan fingerprint density at radius 1 is 0.762 bits per heavy atom. The molecule has 0 bridgehead atoms. The first-order chi connectivity index (χ1) is 20.4. The number of unbranched alkanes of at least 4 members (excludes halogenated alkanes) is 20. The zero-order valence-corrected chi connectivity index (χ0v) is 28.1. The van der Waals surface area contributed by atoms with Gasteiger partial charge in [0.1, 0.15) is 0 Å². The molecular weight excluding hydrogens is 551 g/mol. The van der Waals surface area contributed by atoms with Gasteiger partial charge in [-0.25, -0.2) is 4.57 Å². The van der Waals surface area contributed by atoms with E-state index in [1.165, 1.54) is 103 Å². The number of rotatable bonds is 32. The number of carbonyl (C=O) groups is 1. The van der Waals surface area contributed by atoms with Gasteiger partial charge in [-0.2, -0.15) is 0 Å². The molecule has 0 aromatic rings. The number of allylic oxidation sites excluding steroid dienone is 1. The molecule has 0 aliphatic rings. The van der Waals surface area contributed by atoms with E-state index in [-0.39, 0.29) is 25.7 Å². The van der Waals surface area contributed by atoms with Gasteiger partial charge in [0.15, 0.2) is 0 Å². The van der Waals surface area contributed by atoms with Gasteiger partial charge in [-0.15, -0.1) is 0 Å².